The largest absolute Gasteiger partial charge is 0.348 e. The molecular formula is C13H20N4O3. The summed E-state index contributed by atoms with van der Waals surface area (Å²) in [5.41, 5.74) is 4.54. The molecule has 20 heavy (non-hydrogen) atoms. The summed E-state index contributed by atoms with van der Waals surface area (Å²) in [6.45, 7) is 0.301. The lowest BCUT2D eigenvalue weighted by Gasteiger charge is -2.28. The molecule has 7 nitrogen and oxygen atoms in total. The Hall–Kier alpha value is -1.89. The van der Waals surface area contributed by atoms with Crippen LogP contribution in [0, 0.1) is 0 Å². The number of aromatic nitrogens is 2. The van der Waals surface area contributed by atoms with Gasteiger partial charge in [0.25, 0.3) is 5.56 Å². The first-order valence-corrected chi connectivity index (χ1v) is 6.75. The van der Waals surface area contributed by atoms with Crippen LogP contribution >= 0.6 is 0 Å². The number of hydrogen-bond acceptors (Lipinski definition) is 4. The van der Waals surface area contributed by atoms with Gasteiger partial charge < -0.3 is 11.1 Å². The Bertz CT molecular complexity index is 611. The molecular weight excluding hydrogens is 260 g/mol. The van der Waals surface area contributed by atoms with Crippen molar-refractivity contribution >= 4 is 5.91 Å². The highest BCUT2D eigenvalue weighted by molar-refractivity contribution is 5.76. The van der Waals surface area contributed by atoms with Crippen molar-refractivity contribution in [3.8, 4) is 0 Å². The third kappa shape index (κ3) is 2.82. The third-order valence-corrected chi connectivity index (χ3v) is 3.93. The van der Waals surface area contributed by atoms with E-state index >= 15 is 0 Å². The molecule has 1 aliphatic carbocycles. The molecule has 0 unspecified atom stereocenters. The fourth-order valence-electron chi connectivity index (χ4n) is 2.66. The Labute approximate surface area is 116 Å². The molecule has 1 aromatic heterocycles. The van der Waals surface area contributed by atoms with Gasteiger partial charge in [-0.1, -0.05) is 12.8 Å². The minimum Gasteiger partial charge on any atom is -0.348 e. The number of nitrogens with one attached hydrogen (secondary N) is 1. The Kier molecular flexibility index (Phi) is 4.08. The molecule has 0 atom stereocenters. The second-order valence-corrected chi connectivity index (χ2v) is 5.36. The normalized spacial score (nSPS) is 17.1. The molecule has 0 aliphatic heterocycles. The van der Waals surface area contributed by atoms with E-state index in [9.17, 15) is 14.4 Å². The van der Waals surface area contributed by atoms with Crippen LogP contribution in [0.2, 0.25) is 0 Å². The van der Waals surface area contributed by atoms with Crippen LogP contribution in [-0.4, -0.2) is 27.1 Å². The number of amides is 1. The topological polar surface area (TPSA) is 99.1 Å². The van der Waals surface area contributed by atoms with E-state index in [0.29, 0.717) is 6.54 Å². The molecule has 1 saturated carbocycles. The molecule has 110 valence electrons. The number of carbonyl (C=O) groups excluding carboxylic acids is 1. The van der Waals surface area contributed by atoms with E-state index in [1.165, 1.54) is 23.9 Å². The molecule has 0 bridgehead atoms. The second kappa shape index (κ2) is 5.62. The molecule has 1 aliphatic rings. The Balaban J connectivity index is 2.11. The first kappa shape index (κ1) is 14.5. The predicted octanol–water partition coefficient (Wildman–Crippen LogP) is -1.07. The standard InChI is InChI=1S/C13H20N4O3/c1-16-11(19)4-7-17(12(16)20)8-10(18)15-13(9-14)5-2-3-6-13/h4,7H,2-3,5-6,8-9,14H2,1H3,(H,15,18). The SMILES string of the molecule is Cn1c(=O)ccn(CC(=O)NC2(CN)CCCC2)c1=O. The van der Waals surface area contributed by atoms with Crippen molar-refractivity contribution in [3.63, 3.8) is 0 Å². The number of hydrogen-bond donors (Lipinski definition) is 2. The molecule has 0 radical (unpaired) electrons. The second-order valence-electron chi connectivity index (χ2n) is 5.36. The van der Waals surface area contributed by atoms with E-state index in [1.807, 2.05) is 0 Å². The van der Waals surface area contributed by atoms with Crippen LogP contribution in [0.4, 0.5) is 0 Å². The summed E-state index contributed by atoms with van der Waals surface area (Å²) in [5, 5.41) is 2.94. The lowest BCUT2D eigenvalue weighted by Crippen LogP contribution is -2.53. The van der Waals surface area contributed by atoms with Gasteiger partial charge >= 0.3 is 5.69 Å². The molecule has 0 spiro atoms. The molecule has 2 rings (SSSR count). The highest BCUT2D eigenvalue weighted by atomic mass is 16.2. The molecule has 3 N–H and O–H groups in total. The highest BCUT2D eigenvalue weighted by Gasteiger charge is 2.33. The summed E-state index contributed by atoms with van der Waals surface area (Å²) in [4.78, 5) is 35.2. The van der Waals surface area contributed by atoms with Crippen LogP contribution in [-0.2, 0) is 18.4 Å². The molecule has 0 aromatic carbocycles. The van der Waals surface area contributed by atoms with Crippen LogP contribution in [0.1, 0.15) is 25.7 Å². The lowest BCUT2D eigenvalue weighted by atomic mass is 9.98. The number of nitrogens with zero attached hydrogens (tertiary/aromatic N) is 2. The molecule has 1 aromatic rings. The summed E-state index contributed by atoms with van der Waals surface area (Å²) in [7, 11) is 1.39. The van der Waals surface area contributed by atoms with Gasteiger partial charge in [-0.25, -0.2) is 4.79 Å². The maximum Gasteiger partial charge on any atom is 0.331 e. The van der Waals surface area contributed by atoms with Gasteiger partial charge in [0.15, 0.2) is 0 Å². The van der Waals surface area contributed by atoms with Crippen molar-refractivity contribution in [1.82, 2.24) is 14.5 Å². The number of rotatable bonds is 4. The highest BCUT2D eigenvalue weighted by Crippen LogP contribution is 2.28. The van der Waals surface area contributed by atoms with Crippen molar-refractivity contribution in [2.45, 2.75) is 37.8 Å². The molecule has 1 fully saturated rings. The maximum atomic E-state index is 12.1. The summed E-state index contributed by atoms with van der Waals surface area (Å²) >= 11 is 0. The van der Waals surface area contributed by atoms with Crippen LogP contribution in [0.25, 0.3) is 0 Å². The third-order valence-electron chi connectivity index (χ3n) is 3.93. The van der Waals surface area contributed by atoms with Crippen LogP contribution in [0.15, 0.2) is 21.9 Å². The van der Waals surface area contributed by atoms with Crippen LogP contribution in [0.5, 0.6) is 0 Å². The van der Waals surface area contributed by atoms with E-state index < -0.39 is 5.69 Å². The summed E-state index contributed by atoms with van der Waals surface area (Å²) < 4.78 is 2.19. The van der Waals surface area contributed by atoms with E-state index in [2.05, 4.69) is 5.32 Å². The van der Waals surface area contributed by atoms with Crippen LogP contribution < -0.4 is 22.3 Å². The zero-order chi connectivity index (χ0) is 14.8. The van der Waals surface area contributed by atoms with Gasteiger partial charge in [-0.2, -0.15) is 0 Å². The summed E-state index contributed by atoms with van der Waals surface area (Å²) in [6.07, 6.45) is 5.19. The first-order valence-electron chi connectivity index (χ1n) is 6.75. The zero-order valence-electron chi connectivity index (χ0n) is 11.6. The summed E-state index contributed by atoms with van der Waals surface area (Å²) in [6, 6.07) is 1.27. The van der Waals surface area contributed by atoms with E-state index in [0.717, 1.165) is 30.3 Å². The van der Waals surface area contributed by atoms with Crippen molar-refractivity contribution in [2.75, 3.05) is 6.54 Å². The Morgan fingerprint density at radius 3 is 2.65 bits per heavy atom. The quantitative estimate of drug-likeness (QED) is 0.734. The van der Waals surface area contributed by atoms with Gasteiger partial charge in [0.2, 0.25) is 5.91 Å². The minimum absolute atomic E-state index is 0.102. The average Bonchev–Trinajstić information content (AvgIpc) is 2.88. The van der Waals surface area contributed by atoms with E-state index in [4.69, 9.17) is 5.73 Å². The first-order chi connectivity index (χ1) is 9.47. The average molecular weight is 280 g/mol. The zero-order valence-corrected chi connectivity index (χ0v) is 11.6. The number of carbonyl (C=O) groups is 1. The molecule has 0 saturated heterocycles. The van der Waals surface area contributed by atoms with Crippen molar-refractivity contribution in [3.05, 3.63) is 33.1 Å². The van der Waals surface area contributed by atoms with Gasteiger partial charge in [0.1, 0.15) is 6.54 Å². The van der Waals surface area contributed by atoms with Crippen molar-refractivity contribution in [1.29, 1.82) is 0 Å². The minimum atomic E-state index is -0.499. The Morgan fingerprint density at radius 2 is 2.05 bits per heavy atom. The van der Waals surface area contributed by atoms with Gasteiger partial charge in [-0.05, 0) is 12.8 Å². The number of nitrogens with two attached hydrogens (primary N) is 1. The van der Waals surface area contributed by atoms with Crippen LogP contribution in [0.3, 0.4) is 0 Å². The van der Waals surface area contributed by atoms with Gasteiger partial charge in [-0.3, -0.25) is 18.7 Å². The van der Waals surface area contributed by atoms with Gasteiger partial charge in [0.05, 0.1) is 5.54 Å². The fraction of sp³-hybridized carbons (Fsp3) is 0.615. The molecule has 1 heterocycles. The van der Waals surface area contributed by atoms with Gasteiger partial charge in [-0.15, -0.1) is 0 Å². The molecule has 1 amide bonds. The summed E-state index contributed by atoms with van der Waals surface area (Å²) in [5.74, 6) is -0.252. The maximum absolute atomic E-state index is 12.1. The smallest absolute Gasteiger partial charge is 0.331 e. The van der Waals surface area contributed by atoms with Crippen molar-refractivity contribution < 1.29 is 4.79 Å². The van der Waals surface area contributed by atoms with E-state index in [-0.39, 0.29) is 23.6 Å². The van der Waals surface area contributed by atoms with Crippen molar-refractivity contribution in [2.24, 2.45) is 12.8 Å². The monoisotopic (exact) mass is 280 g/mol. The van der Waals surface area contributed by atoms with E-state index in [1.54, 1.807) is 0 Å². The molecule has 7 heteroatoms. The predicted molar refractivity (Wildman–Crippen MR) is 74.3 cm³/mol. The van der Waals surface area contributed by atoms with Gasteiger partial charge in [0, 0.05) is 25.9 Å². The fourth-order valence-corrected chi connectivity index (χ4v) is 2.66. The Morgan fingerprint density at radius 1 is 1.40 bits per heavy atom. The lowest BCUT2D eigenvalue weighted by molar-refractivity contribution is -0.123.